The van der Waals surface area contributed by atoms with Gasteiger partial charge in [-0.25, -0.2) is 17.7 Å². The van der Waals surface area contributed by atoms with Crippen LogP contribution in [0.25, 0.3) is 5.78 Å². The Morgan fingerprint density at radius 3 is 2.38 bits per heavy atom. The molecule has 0 N–H and O–H groups in total. The predicted molar refractivity (Wildman–Crippen MR) is 101 cm³/mol. The zero-order valence-corrected chi connectivity index (χ0v) is 16.6. The molecule has 3 aromatic rings. The molecular formula is C17H20ClN5O2S. The number of aryl methyl sites for hydroxylation is 3. The van der Waals surface area contributed by atoms with Crippen LogP contribution in [0.5, 0.6) is 0 Å². The third-order valence-electron chi connectivity index (χ3n) is 4.06. The van der Waals surface area contributed by atoms with Crippen molar-refractivity contribution in [1.29, 1.82) is 0 Å². The predicted octanol–water partition coefficient (Wildman–Crippen LogP) is 3.31. The monoisotopic (exact) mass is 393 g/mol. The van der Waals surface area contributed by atoms with Gasteiger partial charge in [0.15, 0.2) is 0 Å². The molecular weight excluding hydrogens is 374 g/mol. The van der Waals surface area contributed by atoms with Crippen LogP contribution in [0.1, 0.15) is 30.3 Å². The van der Waals surface area contributed by atoms with Crippen LogP contribution in [-0.2, 0) is 10.0 Å². The lowest BCUT2D eigenvalue weighted by Gasteiger charge is -2.20. The van der Waals surface area contributed by atoms with E-state index < -0.39 is 10.0 Å². The van der Waals surface area contributed by atoms with Crippen LogP contribution in [0.2, 0.25) is 5.02 Å². The lowest BCUT2D eigenvalue weighted by Crippen LogP contribution is -2.32. The Kier molecular flexibility index (Phi) is 4.90. The zero-order valence-electron chi connectivity index (χ0n) is 15.1. The first-order valence-electron chi connectivity index (χ1n) is 8.24. The van der Waals surface area contributed by atoms with Crippen molar-refractivity contribution in [3.63, 3.8) is 0 Å². The Morgan fingerprint density at radius 1 is 1.12 bits per heavy atom. The van der Waals surface area contributed by atoms with E-state index in [1.165, 1.54) is 8.82 Å². The molecule has 9 heteroatoms. The van der Waals surface area contributed by atoms with Gasteiger partial charge < -0.3 is 0 Å². The molecule has 0 aliphatic heterocycles. The first-order valence-corrected chi connectivity index (χ1v) is 10.1. The second-order valence-electron chi connectivity index (χ2n) is 6.11. The van der Waals surface area contributed by atoms with Gasteiger partial charge in [0.05, 0.1) is 21.3 Å². The van der Waals surface area contributed by atoms with E-state index in [1.807, 2.05) is 13.8 Å². The number of sulfonamides is 1. The number of hydrogen-bond donors (Lipinski definition) is 0. The fourth-order valence-corrected chi connectivity index (χ4v) is 4.19. The summed E-state index contributed by atoms with van der Waals surface area (Å²) in [6.07, 6.45) is 0.618. The van der Waals surface area contributed by atoms with Gasteiger partial charge in [-0.2, -0.15) is 9.50 Å². The summed E-state index contributed by atoms with van der Waals surface area (Å²) in [5, 5.41) is 4.83. The Labute approximate surface area is 157 Å². The fourth-order valence-electron chi connectivity index (χ4n) is 2.62. The molecule has 0 aliphatic rings. The van der Waals surface area contributed by atoms with E-state index >= 15 is 0 Å². The van der Waals surface area contributed by atoms with Gasteiger partial charge in [-0.15, -0.1) is 5.10 Å². The summed E-state index contributed by atoms with van der Waals surface area (Å²) < 4.78 is 28.9. The van der Waals surface area contributed by atoms with Crippen LogP contribution in [0.15, 0.2) is 29.2 Å². The summed E-state index contributed by atoms with van der Waals surface area (Å²) in [5.74, 6) is 0.407. The number of halogens is 1. The maximum absolute atomic E-state index is 13.1. The molecule has 0 unspecified atom stereocenters. The number of benzene rings is 1. The summed E-state index contributed by atoms with van der Waals surface area (Å²) in [5.41, 5.74) is 2.28. The molecule has 2 aromatic heterocycles. The molecule has 0 radical (unpaired) electrons. The molecule has 138 valence electrons. The van der Waals surface area contributed by atoms with Crippen LogP contribution < -0.4 is 4.31 Å². The van der Waals surface area contributed by atoms with Gasteiger partial charge in [-0.3, -0.25) is 0 Å². The molecule has 0 saturated carbocycles. The van der Waals surface area contributed by atoms with Crippen LogP contribution in [0.4, 0.5) is 5.95 Å². The first-order chi connectivity index (χ1) is 12.3. The van der Waals surface area contributed by atoms with E-state index in [4.69, 9.17) is 11.6 Å². The topological polar surface area (TPSA) is 80.5 Å². The van der Waals surface area contributed by atoms with E-state index in [0.29, 0.717) is 28.6 Å². The van der Waals surface area contributed by atoms with Crippen LogP contribution in [-0.4, -0.2) is 34.5 Å². The van der Waals surface area contributed by atoms with Gasteiger partial charge in [0.25, 0.3) is 21.7 Å². The third-order valence-corrected chi connectivity index (χ3v) is 6.40. The Bertz CT molecular complexity index is 1060. The van der Waals surface area contributed by atoms with E-state index in [-0.39, 0.29) is 17.4 Å². The molecule has 1 aromatic carbocycles. The molecule has 7 nitrogen and oxygen atoms in total. The molecule has 26 heavy (non-hydrogen) atoms. The minimum atomic E-state index is -3.78. The number of aromatic nitrogens is 4. The smallest absolute Gasteiger partial charge is 0.232 e. The molecule has 0 bridgehead atoms. The third kappa shape index (κ3) is 3.14. The summed E-state index contributed by atoms with van der Waals surface area (Å²) >= 11 is 6.22. The second-order valence-corrected chi connectivity index (χ2v) is 8.35. The first kappa shape index (κ1) is 18.6. The molecule has 0 aliphatic carbocycles. The zero-order chi connectivity index (χ0) is 19.1. The maximum atomic E-state index is 13.1. The van der Waals surface area contributed by atoms with Gasteiger partial charge in [0, 0.05) is 6.54 Å². The van der Waals surface area contributed by atoms with Gasteiger partial charge in [-0.1, -0.05) is 36.2 Å². The van der Waals surface area contributed by atoms with Crippen LogP contribution in [0.3, 0.4) is 0 Å². The van der Waals surface area contributed by atoms with E-state index in [9.17, 15) is 8.42 Å². The average molecular weight is 394 g/mol. The standard InChI is InChI=1S/C17H20ClN5O2S/c1-5-10-22(26(24,25)14-8-6-11(2)7-9-14)17-20-16-19-12(3)15(18)13(4)23(16)21-17/h6-9H,5,10H2,1-4H3. The molecule has 0 spiro atoms. The Morgan fingerprint density at radius 2 is 1.77 bits per heavy atom. The summed E-state index contributed by atoms with van der Waals surface area (Å²) in [6.45, 7) is 7.64. The minimum absolute atomic E-state index is 0.0877. The summed E-state index contributed by atoms with van der Waals surface area (Å²) in [7, 11) is -3.78. The van der Waals surface area contributed by atoms with E-state index in [2.05, 4.69) is 15.1 Å². The highest BCUT2D eigenvalue weighted by Crippen LogP contribution is 2.24. The molecule has 0 atom stereocenters. The van der Waals surface area contributed by atoms with Crippen molar-refractivity contribution in [1.82, 2.24) is 19.6 Å². The van der Waals surface area contributed by atoms with Crippen molar-refractivity contribution in [2.24, 2.45) is 0 Å². The normalized spacial score (nSPS) is 11.9. The van der Waals surface area contributed by atoms with Crippen molar-refractivity contribution in [3.8, 4) is 0 Å². The highest BCUT2D eigenvalue weighted by Gasteiger charge is 2.28. The Balaban J connectivity index is 2.15. The number of rotatable bonds is 5. The van der Waals surface area contributed by atoms with E-state index in [1.54, 1.807) is 38.1 Å². The highest BCUT2D eigenvalue weighted by molar-refractivity contribution is 7.92. The number of fused-ring (bicyclic) bond motifs is 1. The maximum Gasteiger partial charge on any atom is 0.266 e. The number of nitrogens with zero attached hydrogens (tertiary/aromatic N) is 5. The summed E-state index contributed by atoms with van der Waals surface area (Å²) in [4.78, 5) is 8.84. The quantitative estimate of drug-likeness (QED) is 0.664. The minimum Gasteiger partial charge on any atom is -0.232 e. The van der Waals surface area contributed by atoms with Crippen LogP contribution >= 0.6 is 11.6 Å². The fraction of sp³-hybridized carbons (Fsp3) is 0.353. The van der Waals surface area contributed by atoms with Gasteiger partial charge in [-0.05, 0) is 39.3 Å². The highest BCUT2D eigenvalue weighted by atomic mass is 35.5. The Hall–Kier alpha value is -2.19. The number of hydrogen-bond acceptors (Lipinski definition) is 5. The van der Waals surface area contributed by atoms with Crippen molar-refractivity contribution < 1.29 is 8.42 Å². The summed E-state index contributed by atoms with van der Waals surface area (Å²) in [6, 6.07) is 6.72. The molecule has 2 heterocycles. The molecule has 0 amide bonds. The molecule has 0 fully saturated rings. The van der Waals surface area contributed by atoms with Crippen LogP contribution in [0, 0.1) is 20.8 Å². The van der Waals surface area contributed by atoms with Gasteiger partial charge in [0.1, 0.15) is 0 Å². The average Bonchev–Trinajstić information content (AvgIpc) is 3.01. The van der Waals surface area contributed by atoms with Crippen molar-refractivity contribution in [2.45, 2.75) is 39.0 Å². The van der Waals surface area contributed by atoms with Gasteiger partial charge >= 0.3 is 0 Å². The SMILES string of the molecule is CCCN(c1nc2nc(C)c(Cl)c(C)n2n1)S(=O)(=O)c1ccc(C)cc1. The van der Waals surface area contributed by atoms with Crippen molar-refractivity contribution >= 4 is 33.4 Å². The van der Waals surface area contributed by atoms with E-state index in [0.717, 1.165) is 5.56 Å². The largest absolute Gasteiger partial charge is 0.266 e. The molecule has 3 rings (SSSR count). The van der Waals surface area contributed by atoms with Crippen molar-refractivity contribution in [3.05, 3.63) is 46.2 Å². The number of anilines is 1. The molecule has 0 saturated heterocycles. The van der Waals surface area contributed by atoms with Crippen molar-refractivity contribution in [2.75, 3.05) is 10.8 Å². The lowest BCUT2D eigenvalue weighted by atomic mass is 10.2. The van der Waals surface area contributed by atoms with Gasteiger partial charge in [0.2, 0.25) is 0 Å². The lowest BCUT2D eigenvalue weighted by molar-refractivity contribution is 0.588. The second kappa shape index (κ2) is 6.85.